The van der Waals surface area contributed by atoms with Gasteiger partial charge in [-0.3, -0.25) is 4.79 Å². The maximum Gasteiger partial charge on any atom is 0.280 e. The van der Waals surface area contributed by atoms with Gasteiger partial charge in [0.1, 0.15) is 6.33 Å². The summed E-state index contributed by atoms with van der Waals surface area (Å²) in [5.74, 6) is -0.789. The highest BCUT2D eigenvalue weighted by atomic mass is 35.5. The Bertz CT molecular complexity index is 562. The molecule has 0 saturated carbocycles. The molecule has 0 unspecified atom stereocenters. The number of carbonyl (C=O) groups is 1. The lowest BCUT2D eigenvalue weighted by Gasteiger charge is -2.01. The number of amides is 1. The fourth-order valence-electron chi connectivity index (χ4n) is 1.24. The first-order chi connectivity index (χ1) is 8.16. The van der Waals surface area contributed by atoms with Gasteiger partial charge in [-0.2, -0.15) is 4.99 Å². The molecule has 8 nitrogen and oxygen atoms in total. The summed E-state index contributed by atoms with van der Waals surface area (Å²) < 4.78 is 1.42. The van der Waals surface area contributed by atoms with Gasteiger partial charge in [0, 0.05) is 5.56 Å². The lowest BCUT2D eigenvalue weighted by atomic mass is 10.2. The molecule has 4 N–H and O–H groups in total. The van der Waals surface area contributed by atoms with Gasteiger partial charge < -0.3 is 11.5 Å². The number of guanidine groups is 1. The quantitative estimate of drug-likeness (QED) is 0.558. The van der Waals surface area contributed by atoms with Crippen LogP contribution in [0.5, 0.6) is 0 Å². The summed E-state index contributed by atoms with van der Waals surface area (Å²) in [7, 11) is 0. The highest BCUT2D eigenvalue weighted by Gasteiger charge is 2.06. The van der Waals surface area contributed by atoms with Crippen molar-refractivity contribution in [3.63, 3.8) is 0 Å². The van der Waals surface area contributed by atoms with Gasteiger partial charge in [-0.15, -0.1) is 17.5 Å². The van der Waals surface area contributed by atoms with Crippen LogP contribution in [0.4, 0.5) is 0 Å². The van der Waals surface area contributed by atoms with Crippen LogP contribution < -0.4 is 11.5 Å². The van der Waals surface area contributed by atoms with Crippen LogP contribution >= 0.6 is 12.4 Å². The monoisotopic (exact) mass is 267 g/mol. The third-order valence-electron chi connectivity index (χ3n) is 1.94. The molecule has 0 aliphatic rings. The van der Waals surface area contributed by atoms with Gasteiger partial charge in [0.25, 0.3) is 5.91 Å². The van der Waals surface area contributed by atoms with Crippen molar-refractivity contribution in [3.8, 4) is 5.69 Å². The van der Waals surface area contributed by atoms with Gasteiger partial charge in [-0.1, -0.05) is 6.07 Å². The summed E-state index contributed by atoms with van der Waals surface area (Å²) in [6, 6.07) is 6.63. The fraction of sp³-hybridized carbons (Fsp3) is 0. The molecule has 94 valence electrons. The molecule has 2 rings (SSSR count). The average molecular weight is 268 g/mol. The van der Waals surface area contributed by atoms with E-state index in [-0.39, 0.29) is 18.4 Å². The van der Waals surface area contributed by atoms with E-state index >= 15 is 0 Å². The maximum absolute atomic E-state index is 11.6. The SMILES string of the molecule is Cl.NC(N)=NC(=O)c1cccc(-n2cnnn2)c1. The van der Waals surface area contributed by atoms with Gasteiger partial charge in [0.2, 0.25) is 0 Å². The van der Waals surface area contributed by atoms with E-state index in [9.17, 15) is 4.79 Å². The number of hydrogen-bond donors (Lipinski definition) is 2. The second-order valence-corrected chi connectivity index (χ2v) is 3.15. The highest BCUT2D eigenvalue weighted by Crippen LogP contribution is 2.09. The Morgan fingerprint density at radius 1 is 1.33 bits per heavy atom. The summed E-state index contributed by atoms with van der Waals surface area (Å²) in [6.07, 6.45) is 1.42. The van der Waals surface area contributed by atoms with Crippen LogP contribution in [-0.4, -0.2) is 32.1 Å². The van der Waals surface area contributed by atoms with Crippen LogP contribution in [-0.2, 0) is 0 Å². The van der Waals surface area contributed by atoms with Crippen molar-refractivity contribution in [2.75, 3.05) is 0 Å². The van der Waals surface area contributed by atoms with Crippen molar-refractivity contribution in [3.05, 3.63) is 36.2 Å². The molecule has 1 heterocycles. The molecular weight excluding hydrogens is 258 g/mol. The van der Waals surface area contributed by atoms with Gasteiger partial charge in [0.15, 0.2) is 5.96 Å². The third kappa shape index (κ3) is 3.01. The smallest absolute Gasteiger partial charge is 0.280 e. The zero-order chi connectivity index (χ0) is 12.3. The maximum atomic E-state index is 11.6. The molecule has 0 saturated heterocycles. The van der Waals surface area contributed by atoms with Crippen LogP contribution in [0.25, 0.3) is 5.69 Å². The van der Waals surface area contributed by atoms with Crippen LogP contribution in [0.3, 0.4) is 0 Å². The molecule has 1 aromatic heterocycles. The fourth-order valence-corrected chi connectivity index (χ4v) is 1.24. The number of benzene rings is 1. The predicted molar refractivity (Wildman–Crippen MR) is 66.5 cm³/mol. The molecule has 0 bridgehead atoms. The number of hydrogen-bond acceptors (Lipinski definition) is 4. The topological polar surface area (TPSA) is 125 Å². The van der Waals surface area contributed by atoms with E-state index in [2.05, 4.69) is 20.5 Å². The molecule has 1 amide bonds. The number of halogens is 1. The number of aliphatic imine (C=N–C) groups is 1. The lowest BCUT2D eigenvalue weighted by molar-refractivity contribution is 0.100. The van der Waals surface area contributed by atoms with Gasteiger partial charge in [0.05, 0.1) is 5.69 Å². The normalized spacial score (nSPS) is 9.33. The summed E-state index contributed by atoms with van der Waals surface area (Å²) in [6.45, 7) is 0. The summed E-state index contributed by atoms with van der Waals surface area (Å²) in [5.41, 5.74) is 11.3. The number of nitrogens with zero attached hydrogens (tertiary/aromatic N) is 5. The molecule has 0 atom stereocenters. The average Bonchev–Trinajstić information content (AvgIpc) is 2.82. The molecule has 0 aliphatic carbocycles. The van der Waals surface area contributed by atoms with E-state index in [1.807, 2.05) is 0 Å². The van der Waals surface area contributed by atoms with Crippen molar-refractivity contribution >= 4 is 24.3 Å². The predicted octanol–water partition coefficient (Wildman–Crippen LogP) is -0.502. The van der Waals surface area contributed by atoms with E-state index in [1.165, 1.54) is 11.0 Å². The van der Waals surface area contributed by atoms with Crippen LogP contribution in [0.1, 0.15) is 10.4 Å². The first kappa shape index (κ1) is 13.6. The van der Waals surface area contributed by atoms with Crippen LogP contribution in [0.15, 0.2) is 35.6 Å². The molecule has 2 aromatic rings. The molecule has 18 heavy (non-hydrogen) atoms. The Balaban J connectivity index is 0.00000162. The van der Waals surface area contributed by atoms with E-state index in [0.717, 1.165) is 0 Å². The van der Waals surface area contributed by atoms with E-state index in [1.54, 1.807) is 24.3 Å². The zero-order valence-electron chi connectivity index (χ0n) is 9.09. The van der Waals surface area contributed by atoms with Crippen molar-refractivity contribution in [1.82, 2.24) is 20.2 Å². The first-order valence-electron chi connectivity index (χ1n) is 4.64. The minimum atomic E-state index is -0.514. The van der Waals surface area contributed by atoms with Crippen molar-refractivity contribution in [1.29, 1.82) is 0 Å². The van der Waals surface area contributed by atoms with Gasteiger partial charge >= 0.3 is 0 Å². The van der Waals surface area contributed by atoms with Crippen molar-refractivity contribution < 1.29 is 4.79 Å². The van der Waals surface area contributed by atoms with Crippen LogP contribution in [0, 0.1) is 0 Å². The van der Waals surface area contributed by atoms with Crippen LogP contribution in [0.2, 0.25) is 0 Å². The first-order valence-corrected chi connectivity index (χ1v) is 4.64. The molecule has 9 heteroatoms. The Kier molecular flexibility index (Phi) is 4.33. The second-order valence-electron chi connectivity index (χ2n) is 3.15. The minimum absolute atomic E-state index is 0. The Morgan fingerprint density at radius 3 is 2.72 bits per heavy atom. The summed E-state index contributed by atoms with van der Waals surface area (Å²) >= 11 is 0. The lowest BCUT2D eigenvalue weighted by Crippen LogP contribution is -2.24. The molecule has 1 aromatic carbocycles. The Labute approximate surface area is 108 Å². The second kappa shape index (κ2) is 5.73. The third-order valence-corrected chi connectivity index (χ3v) is 1.94. The van der Waals surface area contributed by atoms with Crippen molar-refractivity contribution in [2.45, 2.75) is 0 Å². The Hall–Kier alpha value is -2.48. The summed E-state index contributed by atoms with van der Waals surface area (Å²) in [5, 5.41) is 10.7. The number of rotatable bonds is 2. The van der Waals surface area contributed by atoms with Gasteiger partial charge in [-0.05, 0) is 28.6 Å². The van der Waals surface area contributed by atoms with E-state index < -0.39 is 5.91 Å². The molecule has 0 radical (unpaired) electrons. The standard InChI is InChI=1S/C9H9N7O.ClH/c10-9(11)13-8(17)6-2-1-3-7(4-6)16-5-12-14-15-16;/h1-5H,(H4,10,11,13,17);1H. The minimum Gasteiger partial charge on any atom is -0.370 e. The van der Waals surface area contributed by atoms with Gasteiger partial charge in [-0.25, -0.2) is 4.68 Å². The number of carbonyl (C=O) groups excluding carboxylic acids is 1. The zero-order valence-corrected chi connectivity index (χ0v) is 9.91. The highest BCUT2D eigenvalue weighted by molar-refractivity contribution is 6.02. The van der Waals surface area contributed by atoms with E-state index in [4.69, 9.17) is 11.5 Å². The summed E-state index contributed by atoms with van der Waals surface area (Å²) in [4.78, 5) is 15.0. The largest absolute Gasteiger partial charge is 0.370 e. The number of tetrazole rings is 1. The number of aromatic nitrogens is 4. The molecule has 0 aliphatic heterocycles. The molecular formula is C9H10ClN7O. The number of nitrogens with two attached hydrogens (primary N) is 2. The Morgan fingerprint density at radius 2 is 2.11 bits per heavy atom. The van der Waals surface area contributed by atoms with E-state index in [0.29, 0.717) is 11.3 Å². The van der Waals surface area contributed by atoms with Crippen molar-refractivity contribution in [2.24, 2.45) is 16.5 Å². The molecule has 0 fully saturated rings. The molecule has 0 spiro atoms.